The van der Waals surface area contributed by atoms with Crippen molar-refractivity contribution in [3.05, 3.63) is 41.5 Å². The second kappa shape index (κ2) is 10.2. The summed E-state index contributed by atoms with van der Waals surface area (Å²) in [6.45, 7) is -0.0140. The molecule has 1 aromatic rings. The van der Waals surface area contributed by atoms with Crippen molar-refractivity contribution < 1.29 is 18.3 Å². The molecule has 1 rings (SSSR count). The maximum atomic E-state index is 11.2. The van der Waals surface area contributed by atoms with Gasteiger partial charge in [-0.2, -0.15) is 0 Å². The van der Waals surface area contributed by atoms with Crippen LogP contribution >= 0.6 is 24.8 Å². The van der Waals surface area contributed by atoms with Crippen molar-refractivity contribution in [2.45, 2.75) is 0 Å². The second-order valence-electron chi connectivity index (χ2n) is 3.94. The molecule has 0 fully saturated rings. The number of carboxylic acid groups (broad SMARTS) is 1. The van der Waals surface area contributed by atoms with Crippen LogP contribution in [-0.2, 0) is 14.8 Å². The van der Waals surface area contributed by atoms with E-state index in [9.17, 15) is 13.2 Å². The van der Waals surface area contributed by atoms with Crippen molar-refractivity contribution in [3.8, 4) is 0 Å². The van der Waals surface area contributed by atoms with E-state index in [0.29, 0.717) is 5.56 Å². The Bertz CT molecular complexity index is 648. The number of amidine groups is 1. The summed E-state index contributed by atoms with van der Waals surface area (Å²) in [5.41, 5.74) is 6.68. The predicted octanol–water partition coefficient (Wildman–Crippen LogP) is 0.831. The zero-order chi connectivity index (χ0) is 15.2. The number of hydrogen-bond acceptors (Lipinski definition) is 4. The number of sulfonamides is 1. The first-order valence-corrected chi connectivity index (χ1v) is 7.25. The molecule has 0 amide bonds. The minimum Gasteiger partial charge on any atom is -0.480 e. The van der Waals surface area contributed by atoms with Crippen molar-refractivity contribution >= 4 is 52.7 Å². The molecule has 0 saturated carbocycles. The van der Waals surface area contributed by atoms with Crippen molar-refractivity contribution in [1.29, 1.82) is 5.41 Å². The Labute approximate surface area is 141 Å². The fourth-order valence-corrected chi connectivity index (χ4v) is 2.17. The van der Waals surface area contributed by atoms with Crippen LogP contribution in [0.25, 0.3) is 6.08 Å². The smallest absolute Gasteiger partial charge is 0.320 e. The molecule has 0 aromatic heterocycles. The molecule has 10 heteroatoms. The Morgan fingerprint density at radius 3 is 2.55 bits per heavy atom. The summed E-state index contributed by atoms with van der Waals surface area (Å²) in [5.74, 6) is -2.42. The number of carbonyl (C=O) groups is 1. The number of hydrogen-bond donors (Lipinski definition) is 4. The number of aliphatic carboxylic acids is 1. The molecule has 7 nitrogen and oxygen atoms in total. The van der Waals surface area contributed by atoms with Crippen LogP contribution in [0.5, 0.6) is 0 Å². The lowest BCUT2D eigenvalue weighted by molar-refractivity contribution is -0.134. The number of rotatable bonds is 7. The number of benzene rings is 1. The molecule has 0 aliphatic rings. The monoisotopic (exact) mass is 369 g/mol. The normalized spacial score (nSPS) is 10.5. The van der Waals surface area contributed by atoms with E-state index in [4.69, 9.17) is 16.2 Å². The summed E-state index contributed by atoms with van der Waals surface area (Å²) >= 11 is 0. The van der Waals surface area contributed by atoms with Gasteiger partial charge in [0.25, 0.3) is 0 Å². The average molecular weight is 370 g/mol. The number of nitrogen functional groups attached to an aromatic ring is 1. The SMILES string of the molecule is Cl.Cl.N=C(N)c1cccc(/C=C/CNS(=O)(=O)CC(=O)O)c1. The first-order valence-electron chi connectivity index (χ1n) is 5.60. The molecule has 0 bridgehead atoms. The molecule has 124 valence electrons. The molecule has 0 saturated heterocycles. The van der Waals surface area contributed by atoms with E-state index in [1.165, 1.54) is 0 Å². The first kappa shape index (κ1) is 22.7. The number of halogens is 2. The van der Waals surface area contributed by atoms with Crippen molar-refractivity contribution in [3.63, 3.8) is 0 Å². The third-order valence-corrected chi connectivity index (χ3v) is 3.48. The van der Waals surface area contributed by atoms with E-state index in [-0.39, 0.29) is 37.2 Å². The molecule has 0 aliphatic carbocycles. The van der Waals surface area contributed by atoms with E-state index in [1.54, 1.807) is 36.4 Å². The Hall–Kier alpha value is -1.61. The van der Waals surface area contributed by atoms with E-state index >= 15 is 0 Å². The second-order valence-corrected chi connectivity index (χ2v) is 5.75. The number of nitrogens with two attached hydrogens (primary N) is 1. The predicted molar refractivity (Wildman–Crippen MR) is 90.4 cm³/mol. The van der Waals surface area contributed by atoms with E-state index in [2.05, 4.69) is 4.72 Å². The van der Waals surface area contributed by atoms with E-state index < -0.39 is 21.7 Å². The van der Waals surface area contributed by atoms with Gasteiger partial charge in [0.15, 0.2) is 5.75 Å². The van der Waals surface area contributed by atoms with Crippen LogP contribution in [0.2, 0.25) is 0 Å². The molecule has 1 aromatic carbocycles. The number of nitrogens with one attached hydrogen (secondary N) is 2. The maximum absolute atomic E-state index is 11.2. The van der Waals surface area contributed by atoms with Gasteiger partial charge >= 0.3 is 5.97 Å². The summed E-state index contributed by atoms with van der Waals surface area (Å²) < 4.78 is 24.6. The Balaban J connectivity index is 0. The third-order valence-electron chi connectivity index (χ3n) is 2.24. The Morgan fingerprint density at radius 1 is 1.36 bits per heavy atom. The van der Waals surface area contributed by atoms with Crippen LogP contribution in [-0.4, -0.2) is 37.6 Å². The summed E-state index contributed by atoms with van der Waals surface area (Å²) in [6, 6.07) is 6.87. The molecule has 5 N–H and O–H groups in total. The number of carboxylic acids is 1. The highest BCUT2D eigenvalue weighted by atomic mass is 35.5. The van der Waals surface area contributed by atoms with E-state index in [0.717, 1.165) is 5.56 Å². The van der Waals surface area contributed by atoms with Gasteiger partial charge in [0.2, 0.25) is 10.0 Å². The third kappa shape index (κ3) is 8.63. The highest BCUT2D eigenvalue weighted by molar-refractivity contribution is 7.90. The van der Waals surface area contributed by atoms with Gasteiger partial charge in [-0.25, -0.2) is 13.1 Å². The van der Waals surface area contributed by atoms with Gasteiger partial charge in [-0.15, -0.1) is 24.8 Å². The molecular weight excluding hydrogens is 353 g/mol. The quantitative estimate of drug-likeness (QED) is 0.417. The lowest BCUT2D eigenvalue weighted by Gasteiger charge is -2.01. The molecular formula is C12H17Cl2N3O4S. The van der Waals surface area contributed by atoms with Crippen molar-refractivity contribution in [1.82, 2.24) is 4.72 Å². The highest BCUT2D eigenvalue weighted by Crippen LogP contribution is 2.06. The molecule has 0 heterocycles. The largest absolute Gasteiger partial charge is 0.480 e. The van der Waals surface area contributed by atoms with Crippen molar-refractivity contribution in [2.75, 3.05) is 12.3 Å². The molecule has 0 unspecified atom stereocenters. The highest BCUT2D eigenvalue weighted by Gasteiger charge is 2.13. The van der Waals surface area contributed by atoms with E-state index in [1.807, 2.05) is 0 Å². The summed E-state index contributed by atoms with van der Waals surface area (Å²) in [4.78, 5) is 10.3. The minimum absolute atomic E-state index is 0. The van der Waals surface area contributed by atoms with Crippen LogP contribution in [0.4, 0.5) is 0 Å². The topological polar surface area (TPSA) is 133 Å². The van der Waals surface area contributed by atoms with Crippen LogP contribution < -0.4 is 10.5 Å². The summed E-state index contributed by atoms with van der Waals surface area (Å²) in [7, 11) is -3.81. The summed E-state index contributed by atoms with van der Waals surface area (Å²) in [5, 5.41) is 15.7. The van der Waals surface area contributed by atoms with Crippen molar-refractivity contribution in [2.24, 2.45) is 5.73 Å². The fraction of sp³-hybridized carbons (Fsp3) is 0.167. The zero-order valence-corrected chi connectivity index (χ0v) is 13.8. The maximum Gasteiger partial charge on any atom is 0.320 e. The first-order chi connectivity index (χ1) is 9.30. The lowest BCUT2D eigenvalue weighted by Crippen LogP contribution is -2.29. The van der Waals surface area contributed by atoms with Gasteiger partial charge < -0.3 is 10.8 Å². The average Bonchev–Trinajstić information content (AvgIpc) is 2.33. The van der Waals surface area contributed by atoms with Gasteiger partial charge in [0.05, 0.1) is 0 Å². The minimum atomic E-state index is -3.81. The van der Waals surface area contributed by atoms with Gasteiger partial charge in [-0.05, 0) is 11.6 Å². The Kier molecular flexibility index (Phi) is 10.5. The fourth-order valence-electron chi connectivity index (χ4n) is 1.39. The molecule has 0 aliphatic heterocycles. The van der Waals surface area contributed by atoms with Crippen LogP contribution in [0.3, 0.4) is 0 Å². The van der Waals surface area contributed by atoms with Gasteiger partial charge in [-0.3, -0.25) is 10.2 Å². The van der Waals surface area contributed by atoms with Gasteiger partial charge in [-0.1, -0.05) is 30.4 Å². The molecule has 22 heavy (non-hydrogen) atoms. The molecule has 0 atom stereocenters. The summed E-state index contributed by atoms with van der Waals surface area (Å²) in [6.07, 6.45) is 3.19. The Morgan fingerprint density at radius 2 is 2.00 bits per heavy atom. The zero-order valence-electron chi connectivity index (χ0n) is 11.4. The van der Waals surface area contributed by atoms with Gasteiger partial charge in [0, 0.05) is 12.1 Å². The van der Waals surface area contributed by atoms with Crippen LogP contribution in [0, 0.1) is 5.41 Å². The van der Waals surface area contributed by atoms with Crippen LogP contribution in [0.15, 0.2) is 30.3 Å². The lowest BCUT2D eigenvalue weighted by atomic mass is 10.1. The standard InChI is InChI=1S/C12H15N3O4S.2ClH/c13-12(14)10-5-1-3-9(7-10)4-2-6-15-20(18,19)8-11(16)17;;/h1-5,7,15H,6,8H2,(H3,13,14)(H,16,17);2*1H/b4-2+;;. The molecule has 0 radical (unpaired) electrons. The van der Waals surface area contributed by atoms with Gasteiger partial charge in [0.1, 0.15) is 5.84 Å². The van der Waals surface area contributed by atoms with Crippen LogP contribution in [0.1, 0.15) is 11.1 Å². The molecule has 0 spiro atoms.